The molecule has 6 N–H and O–H groups in total. The molecule has 0 saturated heterocycles. The molecule has 0 spiro atoms. The zero-order chi connectivity index (χ0) is 25.8. The molecule has 1 aromatic heterocycles. The quantitative estimate of drug-likeness (QED) is 0.129. The summed E-state index contributed by atoms with van der Waals surface area (Å²) in [7, 11) is 0. The van der Waals surface area contributed by atoms with Crippen LogP contribution in [0.3, 0.4) is 0 Å². The molecule has 0 amide bonds. The first-order chi connectivity index (χ1) is 15.9. The van der Waals surface area contributed by atoms with Crippen LogP contribution in [0.15, 0.2) is 12.1 Å². The topological polar surface area (TPSA) is 231 Å². The molecule has 0 unspecified atom stereocenters. The highest BCUT2D eigenvalue weighted by molar-refractivity contribution is 5.74. The van der Waals surface area contributed by atoms with E-state index in [9.17, 15) is 34.2 Å². The van der Waals surface area contributed by atoms with Crippen LogP contribution >= 0.6 is 0 Å². The van der Waals surface area contributed by atoms with Crippen molar-refractivity contribution in [2.24, 2.45) is 0 Å². The fourth-order valence-corrected chi connectivity index (χ4v) is 2.84. The summed E-state index contributed by atoms with van der Waals surface area (Å²) < 4.78 is 0.428. The predicted octanol–water partition coefficient (Wildman–Crippen LogP) is -2.90. The maximum absolute atomic E-state index is 12.1. The second-order valence-corrected chi connectivity index (χ2v) is 7.08. The van der Waals surface area contributed by atoms with Gasteiger partial charge in [-0.05, 0) is 0 Å². The highest BCUT2D eigenvalue weighted by Gasteiger charge is 2.21. The van der Waals surface area contributed by atoms with E-state index in [2.05, 4.69) is 0 Å². The van der Waals surface area contributed by atoms with Crippen LogP contribution in [-0.2, 0) is 24.0 Å². The van der Waals surface area contributed by atoms with E-state index in [1.54, 1.807) is 0 Å². The lowest BCUT2D eigenvalue weighted by molar-refractivity contribution is -0.148. The Labute approximate surface area is 192 Å². The van der Waals surface area contributed by atoms with E-state index in [-0.39, 0.29) is 26.2 Å². The molecular weight excluding hydrogens is 464 g/mol. The Bertz CT molecular complexity index is 851. The van der Waals surface area contributed by atoms with E-state index in [1.165, 1.54) is 4.90 Å². The molecule has 16 nitrogen and oxygen atoms in total. The Kier molecular flexibility index (Phi) is 11.3. The van der Waals surface area contributed by atoms with Gasteiger partial charge >= 0.3 is 29.8 Å². The third kappa shape index (κ3) is 11.1. The Morgan fingerprint density at radius 1 is 0.618 bits per heavy atom. The van der Waals surface area contributed by atoms with E-state index >= 15 is 0 Å². The molecule has 0 bridgehead atoms. The van der Waals surface area contributed by atoms with Crippen LogP contribution in [0.1, 0.15) is 0 Å². The maximum Gasteiger partial charge on any atom is 0.347 e. The third-order valence-electron chi connectivity index (χ3n) is 4.24. The van der Waals surface area contributed by atoms with Gasteiger partial charge in [0.05, 0.1) is 26.2 Å². The van der Waals surface area contributed by atoms with Gasteiger partial charge in [0, 0.05) is 38.3 Å². The minimum absolute atomic E-state index is 0.0523. The fraction of sp³-hybridized carbons (Fsp3) is 0.500. The van der Waals surface area contributed by atoms with Crippen LogP contribution in [0.4, 0.5) is 0 Å². The SMILES string of the molecule is O=C(O)CN(CCN(CC(=O)O)CC(=O)O)CCN(CC(=O)O)CC(=O)On1c(O)ccc1O. The standard InChI is InChI=1S/C18H26N4O12/c23-12-1-2-13(24)22(12)34-18(33)11-21(10-17(31)32)6-4-19(7-14(25)26)3-5-20(8-15(27)28)9-16(29)30/h1-2,23-24H,3-11H2,(H,25,26)(H,27,28)(H,29,30)(H,31,32). The smallest absolute Gasteiger partial charge is 0.347 e. The van der Waals surface area contributed by atoms with Crippen molar-refractivity contribution in [1.82, 2.24) is 19.4 Å². The monoisotopic (exact) mass is 490 g/mol. The number of carbonyl (C=O) groups is 5. The number of hydrogen-bond donors (Lipinski definition) is 6. The molecule has 0 aliphatic heterocycles. The summed E-state index contributed by atoms with van der Waals surface area (Å²) in [4.78, 5) is 64.6. The highest BCUT2D eigenvalue weighted by Crippen LogP contribution is 2.18. The molecular formula is C18H26N4O12. The van der Waals surface area contributed by atoms with E-state index in [4.69, 9.17) is 25.3 Å². The Balaban J connectivity index is 2.78. The summed E-state index contributed by atoms with van der Waals surface area (Å²) in [5.74, 6) is -7.23. The average molecular weight is 490 g/mol. The molecule has 0 aliphatic carbocycles. The van der Waals surface area contributed by atoms with Gasteiger partial charge in [0.25, 0.3) is 0 Å². The number of carbonyl (C=O) groups excluding carboxylic acids is 1. The molecule has 0 saturated carbocycles. The summed E-state index contributed by atoms with van der Waals surface area (Å²) in [6.45, 7) is -3.23. The van der Waals surface area contributed by atoms with Gasteiger partial charge in [-0.15, -0.1) is 4.73 Å². The highest BCUT2D eigenvalue weighted by atomic mass is 16.7. The van der Waals surface area contributed by atoms with Crippen molar-refractivity contribution in [2.75, 3.05) is 58.9 Å². The minimum atomic E-state index is -1.29. The third-order valence-corrected chi connectivity index (χ3v) is 4.24. The lowest BCUT2D eigenvalue weighted by Gasteiger charge is -2.27. The maximum atomic E-state index is 12.1. The molecule has 0 radical (unpaired) electrons. The Morgan fingerprint density at radius 2 is 0.941 bits per heavy atom. The average Bonchev–Trinajstić information content (AvgIpc) is 3.00. The number of rotatable bonds is 17. The first kappa shape index (κ1) is 28.1. The molecule has 1 heterocycles. The summed E-state index contributed by atoms with van der Waals surface area (Å²) in [6.07, 6.45) is 0. The molecule has 0 atom stereocenters. The minimum Gasteiger partial charge on any atom is -0.492 e. The molecule has 34 heavy (non-hydrogen) atoms. The van der Waals surface area contributed by atoms with E-state index in [0.29, 0.717) is 4.73 Å². The van der Waals surface area contributed by atoms with Crippen LogP contribution < -0.4 is 4.84 Å². The molecule has 0 aromatic carbocycles. The van der Waals surface area contributed by atoms with Gasteiger partial charge in [0.15, 0.2) is 0 Å². The summed E-state index contributed by atoms with van der Waals surface area (Å²) in [5, 5.41) is 55.0. The Hall–Kier alpha value is -3.89. The normalized spacial score (nSPS) is 11.1. The molecule has 1 rings (SSSR count). The first-order valence-corrected chi connectivity index (χ1v) is 9.72. The van der Waals surface area contributed by atoms with E-state index in [1.807, 2.05) is 0 Å². The van der Waals surface area contributed by atoms with Crippen molar-refractivity contribution in [3.8, 4) is 11.8 Å². The van der Waals surface area contributed by atoms with E-state index in [0.717, 1.165) is 21.9 Å². The molecule has 0 aliphatic rings. The number of carboxylic acid groups (broad SMARTS) is 4. The van der Waals surface area contributed by atoms with Crippen LogP contribution in [-0.4, -0.2) is 139 Å². The predicted molar refractivity (Wildman–Crippen MR) is 109 cm³/mol. The number of hydrogen-bond acceptors (Lipinski definition) is 11. The van der Waals surface area contributed by atoms with Gasteiger partial charge in [0.1, 0.15) is 6.54 Å². The first-order valence-electron chi connectivity index (χ1n) is 9.72. The number of aromatic nitrogens is 1. The van der Waals surface area contributed by atoms with Crippen molar-refractivity contribution < 1.29 is 59.4 Å². The lowest BCUT2D eigenvalue weighted by Crippen LogP contribution is -2.46. The van der Waals surface area contributed by atoms with Gasteiger partial charge in [-0.3, -0.25) is 33.9 Å². The summed E-state index contributed by atoms with van der Waals surface area (Å²) in [5.41, 5.74) is 0. The van der Waals surface area contributed by atoms with Crippen molar-refractivity contribution in [1.29, 1.82) is 0 Å². The van der Waals surface area contributed by atoms with Crippen LogP contribution in [0.5, 0.6) is 11.8 Å². The Morgan fingerprint density at radius 3 is 1.32 bits per heavy atom. The van der Waals surface area contributed by atoms with Gasteiger partial charge in [-0.25, -0.2) is 4.79 Å². The molecule has 190 valence electrons. The van der Waals surface area contributed by atoms with Crippen LogP contribution in [0.25, 0.3) is 0 Å². The van der Waals surface area contributed by atoms with Crippen molar-refractivity contribution in [3.63, 3.8) is 0 Å². The van der Waals surface area contributed by atoms with Gasteiger partial charge in [-0.1, -0.05) is 0 Å². The van der Waals surface area contributed by atoms with Gasteiger partial charge in [0.2, 0.25) is 11.8 Å². The largest absolute Gasteiger partial charge is 0.492 e. The zero-order valence-electron chi connectivity index (χ0n) is 17.9. The van der Waals surface area contributed by atoms with Crippen LogP contribution in [0, 0.1) is 0 Å². The molecule has 0 fully saturated rings. The second kappa shape index (κ2) is 13.6. The summed E-state index contributed by atoms with van der Waals surface area (Å²) in [6, 6.07) is 2.11. The van der Waals surface area contributed by atoms with Crippen molar-refractivity contribution in [2.45, 2.75) is 0 Å². The van der Waals surface area contributed by atoms with Crippen molar-refractivity contribution >= 4 is 29.8 Å². The fourth-order valence-electron chi connectivity index (χ4n) is 2.84. The molecule has 16 heteroatoms. The number of aromatic hydroxyl groups is 2. The number of nitrogens with zero attached hydrogens (tertiary/aromatic N) is 4. The number of carboxylic acids is 4. The molecule has 1 aromatic rings. The summed E-state index contributed by atoms with van der Waals surface area (Å²) >= 11 is 0. The van der Waals surface area contributed by atoms with Gasteiger partial charge in [-0.2, -0.15) is 0 Å². The number of aliphatic carboxylic acids is 4. The van der Waals surface area contributed by atoms with Gasteiger partial charge < -0.3 is 35.5 Å². The zero-order valence-corrected chi connectivity index (χ0v) is 17.9. The lowest BCUT2D eigenvalue weighted by atomic mass is 10.3. The van der Waals surface area contributed by atoms with Crippen LogP contribution in [0.2, 0.25) is 0 Å². The second-order valence-electron chi connectivity index (χ2n) is 7.08. The van der Waals surface area contributed by atoms with E-state index < -0.39 is 74.3 Å². The van der Waals surface area contributed by atoms with Crippen molar-refractivity contribution in [3.05, 3.63) is 12.1 Å².